The van der Waals surface area contributed by atoms with Gasteiger partial charge in [0.25, 0.3) is 0 Å². The van der Waals surface area contributed by atoms with Crippen molar-refractivity contribution in [3.05, 3.63) is 35.9 Å². The van der Waals surface area contributed by atoms with Gasteiger partial charge in [0.15, 0.2) is 0 Å². The molecule has 1 fully saturated rings. The molecule has 0 bridgehead atoms. The van der Waals surface area contributed by atoms with Crippen LogP contribution >= 0.6 is 0 Å². The highest BCUT2D eigenvalue weighted by molar-refractivity contribution is 5.24. The molecule has 1 aromatic rings. The SMILES string of the molecule is CC(O)C(C)OC1(CN)CCCCC1c1ccccc1. The van der Waals surface area contributed by atoms with E-state index in [0.29, 0.717) is 12.5 Å². The fourth-order valence-electron chi connectivity index (χ4n) is 3.27. The van der Waals surface area contributed by atoms with Crippen LogP contribution in [0.15, 0.2) is 30.3 Å². The van der Waals surface area contributed by atoms with Crippen LogP contribution in [0.4, 0.5) is 0 Å². The molecule has 1 saturated carbocycles. The van der Waals surface area contributed by atoms with Crippen LogP contribution in [0, 0.1) is 0 Å². The maximum absolute atomic E-state index is 9.75. The molecule has 1 aliphatic carbocycles. The molecule has 4 atom stereocenters. The minimum absolute atomic E-state index is 0.192. The molecule has 0 radical (unpaired) electrons. The monoisotopic (exact) mass is 277 g/mol. The van der Waals surface area contributed by atoms with Crippen LogP contribution < -0.4 is 5.73 Å². The molecule has 0 aliphatic heterocycles. The molecule has 0 saturated heterocycles. The summed E-state index contributed by atoms with van der Waals surface area (Å²) in [6.07, 6.45) is 3.77. The summed E-state index contributed by atoms with van der Waals surface area (Å²) in [6.45, 7) is 4.21. The van der Waals surface area contributed by atoms with E-state index in [1.807, 2.05) is 13.0 Å². The number of nitrogens with two attached hydrogens (primary N) is 1. The van der Waals surface area contributed by atoms with Crippen LogP contribution in [0.3, 0.4) is 0 Å². The van der Waals surface area contributed by atoms with Crippen molar-refractivity contribution in [1.29, 1.82) is 0 Å². The zero-order chi connectivity index (χ0) is 14.6. The molecule has 4 unspecified atom stereocenters. The minimum atomic E-state index is -0.475. The van der Waals surface area contributed by atoms with Crippen molar-refractivity contribution in [3.8, 4) is 0 Å². The lowest BCUT2D eigenvalue weighted by Gasteiger charge is -2.45. The van der Waals surface area contributed by atoms with Crippen molar-refractivity contribution in [1.82, 2.24) is 0 Å². The van der Waals surface area contributed by atoms with Crippen molar-refractivity contribution in [2.24, 2.45) is 5.73 Å². The number of ether oxygens (including phenoxy) is 1. The van der Waals surface area contributed by atoms with Crippen molar-refractivity contribution >= 4 is 0 Å². The summed E-state index contributed by atoms with van der Waals surface area (Å²) in [5, 5.41) is 9.75. The second kappa shape index (κ2) is 6.70. The van der Waals surface area contributed by atoms with Crippen molar-refractivity contribution < 1.29 is 9.84 Å². The summed E-state index contributed by atoms with van der Waals surface area (Å²) in [7, 11) is 0. The average molecular weight is 277 g/mol. The van der Waals surface area contributed by atoms with Crippen molar-refractivity contribution in [2.45, 2.75) is 63.3 Å². The molecule has 20 heavy (non-hydrogen) atoms. The summed E-state index contributed by atoms with van der Waals surface area (Å²) < 4.78 is 6.28. The van der Waals surface area contributed by atoms with E-state index in [4.69, 9.17) is 10.5 Å². The zero-order valence-electron chi connectivity index (χ0n) is 12.6. The smallest absolute Gasteiger partial charge is 0.0877 e. The van der Waals surface area contributed by atoms with Crippen LogP contribution in [0.5, 0.6) is 0 Å². The van der Waals surface area contributed by atoms with Gasteiger partial charge in [-0.25, -0.2) is 0 Å². The first-order valence-corrected chi connectivity index (χ1v) is 7.70. The number of hydrogen-bond donors (Lipinski definition) is 2. The van der Waals surface area contributed by atoms with Gasteiger partial charge in [-0.05, 0) is 32.3 Å². The summed E-state index contributed by atoms with van der Waals surface area (Å²) in [4.78, 5) is 0. The van der Waals surface area contributed by atoms with E-state index < -0.39 is 6.10 Å². The second-order valence-electron chi connectivity index (χ2n) is 6.04. The predicted octanol–water partition coefficient (Wildman–Crippen LogP) is 2.83. The molecule has 3 heteroatoms. The van der Waals surface area contributed by atoms with Crippen LogP contribution in [-0.2, 0) is 4.74 Å². The van der Waals surface area contributed by atoms with Gasteiger partial charge in [0.05, 0.1) is 17.8 Å². The molecule has 1 aliphatic rings. The summed E-state index contributed by atoms with van der Waals surface area (Å²) in [6, 6.07) is 10.5. The Morgan fingerprint density at radius 3 is 2.60 bits per heavy atom. The largest absolute Gasteiger partial charge is 0.391 e. The maximum atomic E-state index is 9.75. The van der Waals surface area contributed by atoms with E-state index in [1.54, 1.807) is 6.92 Å². The zero-order valence-corrected chi connectivity index (χ0v) is 12.6. The van der Waals surface area contributed by atoms with E-state index in [2.05, 4.69) is 24.3 Å². The Kier molecular flexibility index (Phi) is 5.19. The fraction of sp³-hybridized carbons (Fsp3) is 0.647. The van der Waals surface area contributed by atoms with Gasteiger partial charge >= 0.3 is 0 Å². The van der Waals surface area contributed by atoms with Crippen LogP contribution in [-0.4, -0.2) is 29.5 Å². The van der Waals surface area contributed by atoms with E-state index in [0.717, 1.165) is 19.3 Å². The Labute approximate surface area is 122 Å². The molecular formula is C17H27NO2. The van der Waals surface area contributed by atoms with Gasteiger partial charge in [0, 0.05) is 12.5 Å². The average Bonchev–Trinajstić information content (AvgIpc) is 2.48. The Hall–Kier alpha value is -0.900. The highest BCUT2D eigenvalue weighted by Crippen LogP contribution is 2.43. The molecule has 2 rings (SSSR count). The quantitative estimate of drug-likeness (QED) is 0.870. The Morgan fingerprint density at radius 1 is 1.30 bits per heavy atom. The molecule has 0 heterocycles. The third-order valence-corrected chi connectivity index (χ3v) is 4.63. The minimum Gasteiger partial charge on any atom is -0.391 e. The lowest BCUT2D eigenvalue weighted by atomic mass is 9.71. The highest BCUT2D eigenvalue weighted by atomic mass is 16.5. The van der Waals surface area contributed by atoms with Crippen LogP contribution in [0.25, 0.3) is 0 Å². The van der Waals surface area contributed by atoms with Gasteiger partial charge in [-0.15, -0.1) is 0 Å². The highest BCUT2D eigenvalue weighted by Gasteiger charge is 2.43. The number of hydrogen-bond acceptors (Lipinski definition) is 3. The number of aliphatic hydroxyl groups excluding tert-OH is 1. The summed E-state index contributed by atoms with van der Waals surface area (Å²) >= 11 is 0. The lowest BCUT2D eigenvalue weighted by molar-refractivity contribution is -0.144. The third-order valence-electron chi connectivity index (χ3n) is 4.63. The van der Waals surface area contributed by atoms with Crippen molar-refractivity contribution in [2.75, 3.05) is 6.54 Å². The Bertz CT molecular complexity index is 407. The molecule has 3 nitrogen and oxygen atoms in total. The van der Waals surface area contributed by atoms with Gasteiger partial charge in [-0.3, -0.25) is 0 Å². The molecular weight excluding hydrogens is 250 g/mol. The Morgan fingerprint density at radius 2 is 2.00 bits per heavy atom. The number of benzene rings is 1. The van der Waals surface area contributed by atoms with E-state index >= 15 is 0 Å². The standard InChI is InChI=1S/C17H27NO2/c1-13(19)14(2)20-17(12-18)11-7-6-10-16(17)15-8-4-3-5-9-15/h3-5,8-9,13-14,16,19H,6-7,10-12,18H2,1-2H3. The van der Waals surface area contributed by atoms with Gasteiger partial charge in [0.1, 0.15) is 0 Å². The maximum Gasteiger partial charge on any atom is 0.0877 e. The van der Waals surface area contributed by atoms with Crippen LogP contribution in [0.2, 0.25) is 0 Å². The van der Waals surface area contributed by atoms with E-state index in [1.165, 1.54) is 12.0 Å². The van der Waals surface area contributed by atoms with Gasteiger partial charge in [-0.2, -0.15) is 0 Å². The first kappa shape index (κ1) is 15.5. The molecule has 3 N–H and O–H groups in total. The Balaban J connectivity index is 2.27. The molecule has 112 valence electrons. The van der Waals surface area contributed by atoms with Gasteiger partial charge < -0.3 is 15.6 Å². The van der Waals surface area contributed by atoms with Gasteiger partial charge in [-0.1, -0.05) is 43.2 Å². The number of rotatable bonds is 5. The first-order valence-electron chi connectivity index (χ1n) is 7.70. The first-order chi connectivity index (χ1) is 9.59. The topological polar surface area (TPSA) is 55.5 Å². The lowest BCUT2D eigenvalue weighted by Crippen LogP contribution is -2.51. The van der Waals surface area contributed by atoms with Crippen LogP contribution in [0.1, 0.15) is 51.0 Å². The van der Waals surface area contributed by atoms with E-state index in [-0.39, 0.29) is 11.7 Å². The molecule has 1 aromatic carbocycles. The van der Waals surface area contributed by atoms with Gasteiger partial charge in [0.2, 0.25) is 0 Å². The normalized spacial score (nSPS) is 29.9. The second-order valence-corrected chi connectivity index (χ2v) is 6.04. The number of aliphatic hydroxyl groups is 1. The molecule has 0 spiro atoms. The van der Waals surface area contributed by atoms with E-state index in [9.17, 15) is 5.11 Å². The van der Waals surface area contributed by atoms with Crippen molar-refractivity contribution in [3.63, 3.8) is 0 Å². The predicted molar refractivity (Wildman–Crippen MR) is 81.7 cm³/mol. The third kappa shape index (κ3) is 3.22. The molecule has 0 aromatic heterocycles. The summed E-state index contributed by atoms with van der Waals surface area (Å²) in [5.74, 6) is 0.323. The molecule has 0 amide bonds. The fourth-order valence-corrected chi connectivity index (χ4v) is 3.27. The summed E-state index contributed by atoms with van der Waals surface area (Å²) in [5.41, 5.74) is 7.07.